The quantitative estimate of drug-likeness (QED) is 0.245. The second-order valence-electron chi connectivity index (χ2n) is 10.8. The molecule has 8 heteroatoms. The van der Waals surface area contributed by atoms with Gasteiger partial charge >= 0.3 is 5.97 Å². The Morgan fingerprint density at radius 1 is 1.21 bits per heavy atom. The minimum atomic E-state index is -0.705. The molecule has 0 aliphatic carbocycles. The van der Waals surface area contributed by atoms with Gasteiger partial charge in [-0.2, -0.15) is 0 Å². The van der Waals surface area contributed by atoms with Gasteiger partial charge in [0.05, 0.1) is 16.6 Å². The zero-order valence-electron chi connectivity index (χ0n) is 22.7. The molecule has 6 atom stereocenters. The van der Waals surface area contributed by atoms with E-state index in [9.17, 15) is 19.5 Å². The molecule has 3 unspecified atom stereocenters. The molecule has 3 aliphatic heterocycles. The van der Waals surface area contributed by atoms with Crippen molar-refractivity contribution in [3.8, 4) is 0 Å². The maximum atomic E-state index is 14.7. The van der Waals surface area contributed by atoms with Crippen LogP contribution < -0.4 is 4.90 Å². The Bertz CT molecular complexity index is 1090. The Labute approximate surface area is 230 Å². The van der Waals surface area contributed by atoms with Crippen molar-refractivity contribution in [3.63, 3.8) is 0 Å². The minimum absolute atomic E-state index is 0.0591. The number of nitrogens with zero attached hydrogens (tertiary/aromatic N) is 2. The Balaban J connectivity index is 1.79. The first-order valence-electron chi connectivity index (χ1n) is 13.6. The standard InChI is InChI=1S/C30H40N2O5S/c1-6-14-31(25-19(3)12-11-13-20(25)4)28(35)26-30-21(5)18-22(38-30)23(29(36)37-17-7-2)24(30)27(34)32(26)15-9-8-10-16-33/h6-7,11-13,21-24,26,33H,1-2,8-10,14-18H2,3-5H3/t21?,22-,23+,24-,26?,30?/m0/s1. The van der Waals surface area contributed by atoms with Crippen LogP contribution in [0.15, 0.2) is 43.5 Å². The zero-order chi connectivity index (χ0) is 27.6. The van der Waals surface area contributed by atoms with Gasteiger partial charge in [0, 0.05) is 30.6 Å². The molecule has 4 rings (SSSR count). The lowest BCUT2D eigenvalue weighted by atomic mass is 9.66. The van der Waals surface area contributed by atoms with Gasteiger partial charge in [0.25, 0.3) is 5.91 Å². The smallest absolute Gasteiger partial charge is 0.311 e. The average molecular weight is 541 g/mol. The van der Waals surface area contributed by atoms with Crippen molar-refractivity contribution in [2.45, 2.75) is 62.5 Å². The van der Waals surface area contributed by atoms with Crippen LogP contribution in [0.25, 0.3) is 0 Å². The van der Waals surface area contributed by atoms with Crippen molar-refractivity contribution < 1.29 is 24.2 Å². The highest BCUT2D eigenvalue weighted by Crippen LogP contribution is 2.68. The predicted octanol–water partition coefficient (Wildman–Crippen LogP) is 4.05. The number of fused-ring (bicyclic) bond motifs is 1. The van der Waals surface area contributed by atoms with Crippen LogP contribution in [0.3, 0.4) is 0 Å². The number of anilines is 1. The summed E-state index contributed by atoms with van der Waals surface area (Å²) >= 11 is 1.65. The second-order valence-corrected chi connectivity index (χ2v) is 12.3. The number of esters is 1. The number of aliphatic hydroxyl groups excluding tert-OH is 1. The third-order valence-electron chi connectivity index (χ3n) is 8.44. The third kappa shape index (κ3) is 4.60. The highest BCUT2D eigenvalue weighted by molar-refractivity contribution is 8.02. The molecule has 0 aromatic heterocycles. The number of aryl methyl sites for hydroxylation is 2. The average Bonchev–Trinajstić information content (AvgIpc) is 3.48. The SMILES string of the molecule is C=CCOC(=O)[C@@H]1[C@@H]2CC(C)C3(S2)C(C(=O)N(CC=C)c2c(C)cccc2C)N(CCCCCO)C(=O)[C@H]13. The molecular weight excluding hydrogens is 500 g/mol. The summed E-state index contributed by atoms with van der Waals surface area (Å²) < 4.78 is 4.76. The molecule has 1 aromatic carbocycles. The zero-order valence-corrected chi connectivity index (χ0v) is 23.5. The van der Waals surface area contributed by atoms with Crippen LogP contribution in [-0.4, -0.2) is 70.1 Å². The molecule has 1 N–H and O–H groups in total. The maximum Gasteiger partial charge on any atom is 0.311 e. The van der Waals surface area contributed by atoms with Crippen LogP contribution >= 0.6 is 11.8 Å². The van der Waals surface area contributed by atoms with Crippen LogP contribution in [-0.2, 0) is 19.1 Å². The Kier molecular flexibility index (Phi) is 8.72. The summed E-state index contributed by atoms with van der Waals surface area (Å²) in [5.74, 6) is -1.73. The molecule has 7 nitrogen and oxygen atoms in total. The topological polar surface area (TPSA) is 87.2 Å². The maximum absolute atomic E-state index is 14.7. The lowest BCUT2D eigenvalue weighted by Crippen LogP contribution is -2.57. The van der Waals surface area contributed by atoms with Gasteiger partial charge in [-0.3, -0.25) is 14.4 Å². The fraction of sp³-hybridized carbons (Fsp3) is 0.567. The summed E-state index contributed by atoms with van der Waals surface area (Å²) in [6, 6.07) is 5.25. The predicted molar refractivity (Wildman–Crippen MR) is 151 cm³/mol. The van der Waals surface area contributed by atoms with E-state index in [2.05, 4.69) is 20.1 Å². The van der Waals surface area contributed by atoms with Crippen LogP contribution in [0, 0.1) is 31.6 Å². The van der Waals surface area contributed by atoms with Crippen molar-refractivity contribution in [3.05, 3.63) is 54.6 Å². The molecular formula is C30H40N2O5S. The number of rotatable bonds is 12. The van der Waals surface area contributed by atoms with E-state index in [0.29, 0.717) is 25.9 Å². The van der Waals surface area contributed by atoms with E-state index in [4.69, 9.17) is 4.74 Å². The fourth-order valence-electron chi connectivity index (χ4n) is 6.92. The van der Waals surface area contributed by atoms with Crippen molar-refractivity contribution >= 4 is 35.2 Å². The van der Waals surface area contributed by atoms with E-state index in [1.807, 2.05) is 32.0 Å². The molecule has 3 fully saturated rings. The summed E-state index contributed by atoms with van der Waals surface area (Å²) in [6.07, 6.45) is 6.09. The first-order valence-corrected chi connectivity index (χ1v) is 14.5. The normalized spacial score (nSPS) is 29.3. The Morgan fingerprint density at radius 3 is 2.55 bits per heavy atom. The highest BCUT2D eigenvalue weighted by Gasteiger charge is 2.76. The summed E-state index contributed by atoms with van der Waals surface area (Å²) in [7, 11) is 0. The number of unbranched alkanes of at least 4 members (excludes halogenated alkanes) is 2. The first kappa shape index (κ1) is 28.4. The molecule has 1 aromatic rings. The van der Waals surface area contributed by atoms with Gasteiger partial charge in [0.15, 0.2) is 0 Å². The molecule has 38 heavy (non-hydrogen) atoms. The molecule has 2 bridgehead atoms. The molecule has 2 amide bonds. The largest absolute Gasteiger partial charge is 0.461 e. The second kappa shape index (κ2) is 11.7. The van der Waals surface area contributed by atoms with Gasteiger partial charge in [-0.25, -0.2) is 0 Å². The van der Waals surface area contributed by atoms with Gasteiger partial charge in [0.2, 0.25) is 5.91 Å². The number of thioether (sulfide) groups is 1. The van der Waals surface area contributed by atoms with Crippen LogP contribution in [0.1, 0.15) is 43.7 Å². The van der Waals surface area contributed by atoms with Crippen molar-refractivity contribution in [1.82, 2.24) is 4.90 Å². The van der Waals surface area contributed by atoms with Crippen molar-refractivity contribution in [2.75, 3.05) is 31.2 Å². The number of para-hydroxylation sites is 1. The van der Waals surface area contributed by atoms with E-state index in [1.54, 1.807) is 27.6 Å². The number of hydrogen-bond donors (Lipinski definition) is 1. The van der Waals surface area contributed by atoms with Gasteiger partial charge in [-0.1, -0.05) is 43.9 Å². The van der Waals surface area contributed by atoms with E-state index in [0.717, 1.165) is 29.7 Å². The summed E-state index contributed by atoms with van der Waals surface area (Å²) in [4.78, 5) is 45.6. The van der Waals surface area contributed by atoms with Crippen LogP contribution in [0.5, 0.6) is 0 Å². The van der Waals surface area contributed by atoms with Crippen LogP contribution in [0.4, 0.5) is 5.69 Å². The van der Waals surface area contributed by atoms with E-state index >= 15 is 0 Å². The van der Waals surface area contributed by atoms with Gasteiger partial charge < -0.3 is 19.6 Å². The Morgan fingerprint density at radius 2 is 1.92 bits per heavy atom. The first-order chi connectivity index (χ1) is 18.2. The number of carbonyl (C=O) groups excluding carboxylic acids is 3. The number of hydrogen-bond acceptors (Lipinski definition) is 6. The molecule has 3 saturated heterocycles. The molecule has 3 aliphatic rings. The van der Waals surface area contributed by atoms with Crippen LogP contribution in [0.2, 0.25) is 0 Å². The number of carbonyl (C=O) groups is 3. The number of aliphatic hydroxyl groups is 1. The highest BCUT2D eigenvalue weighted by atomic mass is 32.2. The number of benzene rings is 1. The van der Waals surface area contributed by atoms with E-state index < -0.39 is 22.6 Å². The molecule has 0 radical (unpaired) electrons. The van der Waals surface area contributed by atoms with E-state index in [1.165, 1.54) is 6.08 Å². The fourth-order valence-corrected chi connectivity index (χ4v) is 9.32. The van der Waals surface area contributed by atoms with Crippen molar-refractivity contribution in [2.24, 2.45) is 17.8 Å². The number of likely N-dealkylation sites (tertiary alicyclic amines) is 1. The molecule has 0 saturated carbocycles. The molecule has 1 spiro atoms. The monoisotopic (exact) mass is 540 g/mol. The summed E-state index contributed by atoms with van der Waals surface area (Å²) in [5, 5.41) is 9.21. The molecule has 206 valence electrons. The van der Waals surface area contributed by atoms with Crippen molar-refractivity contribution in [1.29, 1.82) is 0 Å². The van der Waals surface area contributed by atoms with Gasteiger partial charge in [-0.15, -0.1) is 18.3 Å². The van der Waals surface area contributed by atoms with E-state index in [-0.39, 0.29) is 42.2 Å². The molecule has 3 heterocycles. The lowest BCUT2D eigenvalue weighted by molar-refractivity contribution is -0.153. The summed E-state index contributed by atoms with van der Waals surface area (Å²) in [6.45, 7) is 14.6. The Hall–Kier alpha value is -2.58. The minimum Gasteiger partial charge on any atom is -0.461 e. The number of amides is 2. The lowest BCUT2D eigenvalue weighted by Gasteiger charge is -2.41. The number of ether oxygens (including phenoxy) is 1. The summed E-state index contributed by atoms with van der Waals surface area (Å²) in [5.41, 5.74) is 2.81. The van der Waals surface area contributed by atoms with Gasteiger partial charge in [0.1, 0.15) is 12.6 Å². The third-order valence-corrected chi connectivity index (χ3v) is 10.5. The van der Waals surface area contributed by atoms with Gasteiger partial charge in [-0.05, 0) is 56.6 Å².